The number of likely N-dealkylation sites (tertiary alicyclic amines) is 1. The Morgan fingerprint density at radius 1 is 1.21 bits per heavy atom. The summed E-state index contributed by atoms with van der Waals surface area (Å²) in [7, 11) is 2.11. The van der Waals surface area contributed by atoms with Crippen molar-refractivity contribution in [3.8, 4) is 0 Å². The SMILES string of the molecule is CN(CC(=O)N1CCNCC1)C1CCN(C2CC2)C1. The Kier molecular flexibility index (Phi) is 4.05. The Bertz CT molecular complexity index is 325. The molecule has 0 aromatic heterocycles. The van der Waals surface area contributed by atoms with Crippen LogP contribution in [0.1, 0.15) is 19.3 Å². The zero-order chi connectivity index (χ0) is 13.2. The minimum atomic E-state index is 0.300. The van der Waals surface area contributed by atoms with Crippen molar-refractivity contribution in [3.63, 3.8) is 0 Å². The van der Waals surface area contributed by atoms with Gasteiger partial charge in [-0.05, 0) is 26.3 Å². The highest BCUT2D eigenvalue weighted by Crippen LogP contribution is 2.30. The number of likely N-dealkylation sites (N-methyl/N-ethyl adjacent to an activating group) is 1. The fourth-order valence-electron chi connectivity index (χ4n) is 3.26. The van der Waals surface area contributed by atoms with Crippen LogP contribution in [-0.4, -0.2) is 85.6 Å². The maximum atomic E-state index is 12.2. The third-order valence-corrected chi connectivity index (χ3v) is 4.74. The van der Waals surface area contributed by atoms with Crippen molar-refractivity contribution >= 4 is 5.91 Å². The molecule has 1 aliphatic carbocycles. The highest BCUT2D eigenvalue weighted by atomic mass is 16.2. The molecular weight excluding hydrogens is 240 g/mol. The van der Waals surface area contributed by atoms with Gasteiger partial charge < -0.3 is 10.2 Å². The van der Waals surface area contributed by atoms with E-state index in [0.717, 1.165) is 38.8 Å². The largest absolute Gasteiger partial charge is 0.339 e. The van der Waals surface area contributed by atoms with Crippen molar-refractivity contribution in [2.24, 2.45) is 0 Å². The molecule has 2 saturated heterocycles. The summed E-state index contributed by atoms with van der Waals surface area (Å²) in [6.45, 7) is 6.58. The lowest BCUT2D eigenvalue weighted by molar-refractivity contribution is -0.133. The van der Waals surface area contributed by atoms with Gasteiger partial charge in [0.25, 0.3) is 0 Å². The number of hydrogen-bond donors (Lipinski definition) is 1. The number of nitrogens with one attached hydrogen (secondary N) is 1. The molecule has 108 valence electrons. The van der Waals surface area contributed by atoms with Crippen LogP contribution in [0.25, 0.3) is 0 Å². The summed E-state index contributed by atoms with van der Waals surface area (Å²) in [4.78, 5) is 19.1. The molecule has 3 rings (SSSR count). The molecule has 0 aromatic rings. The van der Waals surface area contributed by atoms with Crippen molar-refractivity contribution in [2.45, 2.75) is 31.3 Å². The first kappa shape index (κ1) is 13.3. The summed E-state index contributed by atoms with van der Waals surface area (Å²) in [5.41, 5.74) is 0. The van der Waals surface area contributed by atoms with E-state index in [9.17, 15) is 4.79 Å². The lowest BCUT2D eigenvalue weighted by Crippen LogP contribution is -2.50. The average molecular weight is 266 g/mol. The van der Waals surface area contributed by atoms with Gasteiger partial charge in [-0.25, -0.2) is 0 Å². The quantitative estimate of drug-likeness (QED) is 0.751. The van der Waals surface area contributed by atoms with Gasteiger partial charge in [0, 0.05) is 51.4 Å². The molecule has 3 aliphatic rings. The van der Waals surface area contributed by atoms with Gasteiger partial charge in [0.2, 0.25) is 5.91 Å². The number of nitrogens with zero attached hydrogens (tertiary/aromatic N) is 3. The molecule has 5 nitrogen and oxygen atoms in total. The Hall–Kier alpha value is -0.650. The van der Waals surface area contributed by atoms with Gasteiger partial charge >= 0.3 is 0 Å². The predicted molar refractivity (Wildman–Crippen MR) is 75.1 cm³/mol. The first-order valence-corrected chi connectivity index (χ1v) is 7.67. The predicted octanol–water partition coefficient (Wildman–Crippen LogP) is -0.413. The van der Waals surface area contributed by atoms with Crippen molar-refractivity contribution in [1.29, 1.82) is 0 Å². The molecule has 0 radical (unpaired) electrons. The summed E-state index contributed by atoms with van der Waals surface area (Å²) < 4.78 is 0. The number of carbonyl (C=O) groups excluding carboxylic acids is 1. The van der Waals surface area contributed by atoms with Gasteiger partial charge in [-0.3, -0.25) is 14.6 Å². The summed E-state index contributed by atoms with van der Waals surface area (Å²) in [6.07, 6.45) is 3.99. The van der Waals surface area contributed by atoms with E-state index in [1.165, 1.54) is 25.8 Å². The molecule has 1 N–H and O–H groups in total. The van der Waals surface area contributed by atoms with Crippen LogP contribution < -0.4 is 5.32 Å². The minimum Gasteiger partial charge on any atom is -0.339 e. The van der Waals surface area contributed by atoms with Gasteiger partial charge in [-0.2, -0.15) is 0 Å². The third-order valence-electron chi connectivity index (χ3n) is 4.74. The zero-order valence-electron chi connectivity index (χ0n) is 12.0. The molecule has 0 aromatic carbocycles. The standard InChI is InChI=1S/C14H26N4O/c1-16(11-14(19)17-8-5-15-6-9-17)13-4-7-18(10-13)12-2-3-12/h12-13,15H,2-11H2,1H3. The van der Waals surface area contributed by atoms with Crippen molar-refractivity contribution in [1.82, 2.24) is 20.0 Å². The van der Waals surface area contributed by atoms with Gasteiger partial charge in [-0.1, -0.05) is 0 Å². The monoisotopic (exact) mass is 266 g/mol. The summed E-state index contributed by atoms with van der Waals surface area (Å²) in [5.74, 6) is 0.300. The second-order valence-corrected chi connectivity index (χ2v) is 6.21. The normalized spacial score (nSPS) is 29.2. The molecule has 0 spiro atoms. The molecule has 5 heteroatoms. The lowest BCUT2D eigenvalue weighted by Gasteiger charge is -2.31. The van der Waals surface area contributed by atoms with Crippen LogP contribution in [0.3, 0.4) is 0 Å². The lowest BCUT2D eigenvalue weighted by atomic mass is 10.2. The average Bonchev–Trinajstić information content (AvgIpc) is 3.17. The molecule has 0 bridgehead atoms. The fraction of sp³-hybridized carbons (Fsp3) is 0.929. The number of amides is 1. The Morgan fingerprint density at radius 3 is 2.63 bits per heavy atom. The second kappa shape index (κ2) is 5.77. The Labute approximate surface area is 115 Å². The van der Waals surface area contributed by atoms with Crippen LogP contribution in [0.2, 0.25) is 0 Å². The van der Waals surface area contributed by atoms with E-state index >= 15 is 0 Å². The molecular formula is C14H26N4O. The fourth-order valence-corrected chi connectivity index (χ4v) is 3.26. The van der Waals surface area contributed by atoms with Crippen molar-refractivity contribution < 1.29 is 4.79 Å². The maximum absolute atomic E-state index is 12.2. The zero-order valence-corrected chi connectivity index (χ0v) is 12.0. The number of carbonyl (C=O) groups is 1. The van der Waals surface area contributed by atoms with Crippen LogP contribution in [0, 0.1) is 0 Å². The van der Waals surface area contributed by atoms with Crippen LogP contribution in [0.15, 0.2) is 0 Å². The summed E-state index contributed by atoms with van der Waals surface area (Å²) >= 11 is 0. The van der Waals surface area contributed by atoms with E-state index in [1.807, 2.05) is 4.90 Å². The van der Waals surface area contributed by atoms with E-state index < -0.39 is 0 Å². The van der Waals surface area contributed by atoms with Crippen LogP contribution in [0.4, 0.5) is 0 Å². The summed E-state index contributed by atoms with van der Waals surface area (Å²) in [5, 5.41) is 3.29. The van der Waals surface area contributed by atoms with Crippen LogP contribution >= 0.6 is 0 Å². The molecule has 2 aliphatic heterocycles. The van der Waals surface area contributed by atoms with Gasteiger partial charge in [0.1, 0.15) is 0 Å². The van der Waals surface area contributed by atoms with Crippen molar-refractivity contribution in [2.75, 3.05) is 52.9 Å². The molecule has 1 atom stereocenters. The molecule has 2 heterocycles. The van der Waals surface area contributed by atoms with E-state index in [4.69, 9.17) is 0 Å². The van der Waals surface area contributed by atoms with Gasteiger partial charge in [-0.15, -0.1) is 0 Å². The third kappa shape index (κ3) is 3.27. The Morgan fingerprint density at radius 2 is 1.95 bits per heavy atom. The highest BCUT2D eigenvalue weighted by molar-refractivity contribution is 5.78. The Balaban J connectivity index is 1.44. The smallest absolute Gasteiger partial charge is 0.236 e. The van der Waals surface area contributed by atoms with Gasteiger partial charge in [0.15, 0.2) is 0 Å². The van der Waals surface area contributed by atoms with Crippen LogP contribution in [-0.2, 0) is 4.79 Å². The topological polar surface area (TPSA) is 38.8 Å². The van der Waals surface area contributed by atoms with Crippen LogP contribution in [0.5, 0.6) is 0 Å². The maximum Gasteiger partial charge on any atom is 0.236 e. The number of rotatable bonds is 4. The van der Waals surface area contributed by atoms with Crippen molar-refractivity contribution in [3.05, 3.63) is 0 Å². The van der Waals surface area contributed by atoms with E-state index in [1.54, 1.807) is 0 Å². The summed E-state index contributed by atoms with van der Waals surface area (Å²) in [6, 6.07) is 1.44. The molecule has 1 saturated carbocycles. The molecule has 1 amide bonds. The van der Waals surface area contributed by atoms with E-state index in [2.05, 4.69) is 22.2 Å². The second-order valence-electron chi connectivity index (χ2n) is 6.21. The number of piperazine rings is 1. The first-order chi connectivity index (χ1) is 9.24. The number of hydrogen-bond acceptors (Lipinski definition) is 4. The highest BCUT2D eigenvalue weighted by Gasteiger charge is 2.36. The molecule has 3 fully saturated rings. The molecule has 1 unspecified atom stereocenters. The van der Waals surface area contributed by atoms with E-state index in [0.29, 0.717) is 18.5 Å². The molecule has 19 heavy (non-hydrogen) atoms. The minimum absolute atomic E-state index is 0.300. The first-order valence-electron chi connectivity index (χ1n) is 7.67. The van der Waals surface area contributed by atoms with Gasteiger partial charge in [0.05, 0.1) is 6.54 Å². The van der Waals surface area contributed by atoms with E-state index in [-0.39, 0.29) is 0 Å².